The number of hydrogen-bond donors (Lipinski definition) is 1. The highest BCUT2D eigenvalue weighted by Crippen LogP contribution is 2.24. The molecule has 84 valence electrons. The molecule has 4 heteroatoms. The summed E-state index contributed by atoms with van der Waals surface area (Å²) in [6.07, 6.45) is 0. The third-order valence-corrected chi connectivity index (χ3v) is 2.43. The Morgan fingerprint density at radius 3 is 2.33 bits per heavy atom. The Hall–Kier alpha value is -0.640. The molecule has 1 rings (SSSR count). The fourth-order valence-corrected chi connectivity index (χ4v) is 1.33. The molecular weight excluding hydrogens is 264 g/mol. The lowest BCUT2D eigenvalue weighted by Crippen LogP contribution is -2.19. The fraction of sp³-hybridized carbons (Fsp3) is 0.455. The van der Waals surface area contributed by atoms with Crippen LogP contribution in [-0.4, -0.2) is 6.54 Å². The molecule has 0 aliphatic heterocycles. The van der Waals surface area contributed by atoms with E-state index in [9.17, 15) is 8.78 Å². The van der Waals surface area contributed by atoms with E-state index >= 15 is 0 Å². The van der Waals surface area contributed by atoms with Crippen molar-refractivity contribution in [1.29, 1.82) is 0 Å². The van der Waals surface area contributed by atoms with Crippen LogP contribution in [0.2, 0.25) is 0 Å². The normalized spacial score (nSPS) is 11.6. The molecule has 0 fully saturated rings. The van der Waals surface area contributed by atoms with E-state index in [-0.39, 0.29) is 15.6 Å². The molecule has 15 heavy (non-hydrogen) atoms. The quantitative estimate of drug-likeness (QED) is 0.800. The van der Waals surface area contributed by atoms with E-state index in [1.165, 1.54) is 0 Å². The SMILES string of the molecule is CC(C)(C)CNc1cc(F)c(Br)cc1F. The lowest BCUT2D eigenvalue weighted by Gasteiger charge is -2.20. The molecule has 0 aliphatic rings. The number of hydrogen-bond acceptors (Lipinski definition) is 1. The van der Waals surface area contributed by atoms with Crippen LogP contribution in [0.4, 0.5) is 14.5 Å². The summed E-state index contributed by atoms with van der Waals surface area (Å²) in [7, 11) is 0. The zero-order chi connectivity index (χ0) is 11.6. The smallest absolute Gasteiger partial charge is 0.147 e. The zero-order valence-corrected chi connectivity index (χ0v) is 10.6. The maximum Gasteiger partial charge on any atom is 0.147 e. The highest BCUT2D eigenvalue weighted by Gasteiger charge is 2.12. The summed E-state index contributed by atoms with van der Waals surface area (Å²) >= 11 is 2.93. The molecule has 0 heterocycles. The molecule has 0 atom stereocenters. The molecule has 0 bridgehead atoms. The second-order valence-electron chi connectivity index (χ2n) is 4.66. The maximum absolute atomic E-state index is 13.3. The van der Waals surface area contributed by atoms with E-state index in [0.717, 1.165) is 12.1 Å². The summed E-state index contributed by atoms with van der Waals surface area (Å²) in [5.74, 6) is -0.916. The molecule has 0 aromatic heterocycles. The molecule has 0 saturated carbocycles. The van der Waals surface area contributed by atoms with Crippen molar-refractivity contribution in [1.82, 2.24) is 0 Å². The first kappa shape index (κ1) is 12.4. The van der Waals surface area contributed by atoms with E-state index < -0.39 is 11.6 Å². The lowest BCUT2D eigenvalue weighted by molar-refractivity contribution is 0.441. The minimum absolute atomic E-state index is 0.0238. The Morgan fingerprint density at radius 2 is 1.80 bits per heavy atom. The molecule has 1 aromatic rings. The third-order valence-electron chi connectivity index (χ3n) is 1.82. The largest absolute Gasteiger partial charge is 0.382 e. The van der Waals surface area contributed by atoms with Gasteiger partial charge in [-0.2, -0.15) is 0 Å². The van der Waals surface area contributed by atoms with Crippen molar-refractivity contribution in [2.24, 2.45) is 5.41 Å². The van der Waals surface area contributed by atoms with Crippen LogP contribution in [0.5, 0.6) is 0 Å². The van der Waals surface area contributed by atoms with Crippen molar-refractivity contribution < 1.29 is 8.78 Å². The first-order valence-electron chi connectivity index (χ1n) is 4.68. The fourth-order valence-electron chi connectivity index (χ4n) is 1.02. The van der Waals surface area contributed by atoms with Crippen molar-refractivity contribution in [2.45, 2.75) is 20.8 Å². The number of benzene rings is 1. The molecule has 1 N–H and O–H groups in total. The Kier molecular flexibility index (Phi) is 3.71. The van der Waals surface area contributed by atoms with Gasteiger partial charge in [-0.3, -0.25) is 0 Å². The monoisotopic (exact) mass is 277 g/mol. The highest BCUT2D eigenvalue weighted by molar-refractivity contribution is 9.10. The van der Waals surface area contributed by atoms with Gasteiger partial charge in [-0.25, -0.2) is 8.78 Å². The molecule has 0 aliphatic carbocycles. The van der Waals surface area contributed by atoms with E-state index in [2.05, 4.69) is 21.2 Å². The second kappa shape index (κ2) is 4.47. The van der Waals surface area contributed by atoms with Gasteiger partial charge in [0.05, 0.1) is 10.2 Å². The third kappa shape index (κ3) is 3.78. The summed E-state index contributed by atoms with van der Waals surface area (Å²) in [6, 6.07) is 2.28. The lowest BCUT2D eigenvalue weighted by atomic mass is 9.97. The first-order chi connectivity index (χ1) is 6.79. The predicted molar refractivity (Wildman–Crippen MR) is 62.0 cm³/mol. The average molecular weight is 278 g/mol. The van der Waals surface area contributed by atoms with Gasteiger partial charge in [-0.1, -0.05) is 20.8 Å². The Morgan fingerprint density at radius 1 is 1.20 bits per heavy atom. The number of halogens is 3. The van der Waals surface area contributed by atoms with Crippen molar-refractivity contribution in [3.8, 4) is 0 Å². The minimum Gasteiger partial charge on any atom is -0.382 e. The van der Waals surface area contributed by atoms with E-state index in [0.29, 0.717) is 6.54 Å². The van der Waals surface area contributed by atoms with Gasteiger partial charge in [0.1, 0.15) is 11.6 Å². The molecule has 1 nitrogen and oxygen atoms in total. The molecule has 0 radical (unpaired) electrons. The van der Waals surface area contributed by atoms with Crippen LogP contribution in [0, 0.1) is 17.0 Å². The Bertz CT molecular complexity index is 358. The average Bonchev–Trinajstić information content (AvgIpc) is 2.07. The number of anilines is 1. The second-order valence-corrected chi connectivity index (χ2v) is 5.51. The van der Waals surface area contributed by atoms with Crippen LogP contribution >= 0.6 is 15.9 Å². The first-order valence-corrected chi connectivity index (χ1v) is 5.47. The van der Waals surface area contributed by atoms with Crippen molar-refractivity contribution >= 4 is 21.6 Å². The van der Waals surface area contributed by atoms with Crippen LogP contribution in [0.15, 0.2) is 16.6 Å². The van der Waals surface area contributed by atoms with Crippen LogP contribution < -0.4 is 5.32 Å². The summed E-state index contributed by atoms with van der Waals surface area (Å²) in [5.41, 5.74) is 0.223. The van der Waals surface area contributed by atoms with Crippen molar-refractivity contribution in [3.63, 3.8) is 0 Å². The van der Waals surface area contributed by atoms with Crippen molar-refractivity contribution in [3.05, 3.63) is 28.2 Å². The van der Waals surface area contributed by atoms with Crippen LogP contribution in [0.3, 0.4) is 0 Å². The molecule has 0 saturated heterocycles. The van der Waals surface area contributed by atoms with Gasteiger partial charge in [0, 0.05) is 12.6 Å². The molecule has 1 aromatic carbocycles. The van der Waals surface area contributed by atoms with E-state index in [4.69, 9.17) is 0 Å². The highest BCUT2D eigenvalue weighted by atomic mass is 79.9. The van der Waals surface area contributed by atoms with Gasteiger partial charge in [0.2, 0.25) is 0 Å². The number of rotatable bonds is 2. The topological polar surface area (TPSA) is 12.0 Å². The van der Waals surface area contributed by atoms with Gasteiger partial charge in [0.25, 0.3) is 0 Å². The van der Waals surface area contributed by atoms with Crippen LogP contribution in [-0.2, 0) is 0 Å². The Balaban J connectivity index is 2.82. The Labute approximate surface area is 97.0 Å². The summed E-state index contributed by atoms with van der Waals surface area (Å²) < 4.78 is 26.6. The minimum atomic E-state index is -0.465. The van der Waals surface area contributed by atoms with E-state index in [1.54, 1.807) is 0 Å². The van der Waals surface area contributed by atoms with Crippen LogP contribution in [0.1, 0.15) is 20.8 Å². The molecule has 0 unspecified atom stereocenters. The van der Waals surface area contributed by atoms with Crippen LogP contribution in [0.25, 0.3) is 0 Å². The zero-order valence-electron chi connectivity index (χ0n) is 9.00. The summed E-state index contributed by atoms with van der Waals surface area (Å²) in [6.45, 7) is 6.65. The molecule has 0 spiro atoms. The number of nitrogens with one attached hydrogen (secondary N) is 1. The van der Waals surface area contributed by atoms with Gasteiger partial charge >= 0.3 is 0 Å². The standard InChI is InChI=1S/C11H14BrF2N/c1-11(2,3)6-15-10-5-8(13)7(12)4-9(10)14/h4-5,15H,6H2,1-3H3. The molecule has 0 amide bonds. The van der Waals surface area contributed by atoms with Crippen molar-refractivity contribution in [2.75, 3.05) is 11.9 Å². The maximum atomic E-state index is 13.3. The van der Waals surface area contributed by atoms with Gasteiger partial charge in [-0.05, 0) is 27.4 Å². The predicted octanol–water partition coefficient (Wildman–Crippen LogP) is 4.19. The summed E-state index contributed by atoms with van der Waals surface area (Å²) in [4.78, 5) is 0. The van der Waals surface area contributed by atoms with Gasteiger partial charge in [0.15, 0.2) is 0 Å². The van der Waals surface area contributed by atoms with Gasteiger partial charge < -0.3 is 5.32 Å². The van der Waals surface area contributed by atoms with E-state index in [1.807, 2.05) is 20.8 Å². The summed E-state index contributed by atoms with van der Waals surface area (Å²) in [5, 5.41) is 2.89. The van der Waals surface area contributed by atoms with Gasteiger partial charge in [-0.15, -0.1) is 0 Å². The molecular formula is C11H14BrF2N.